The average molecular weight is 323 g/mol. The van der Waals surface area contributed by atoms with Crippen molar-refractivity contribution in [2.24, 2.45) is 5.73 Å². The van der Waals surface area contributed by atoms with Gasteiger partial charge in [0.1, 0.15) is 0 Å². The van der Waals surface area contributed by atoms with E-state index in [1.807, 2.05) is 4.90 Å². The number of benzene rings is 1. The zero-order valence-electron chi connectivity index (χ0n) is 13.6. The van der Waals surface area contributed by atoms with Crippen LogP contribution in [0.15, 0.2) is 24.3 Å². The van der Waals surface area contributed by atoms with Crippen LogP contribution in [0.3, 0.4) is 0 Å². The molecule has 0 radical (unpaired) electrons. The minimum atomic E-state index is -0.477. The van der Waals surface area contributed by atoms with E-state index in [1.54, 1.807) is 0 Å². The zero-order valence-corrected chi connectivity index (χ0v) is 13.6. The van der Waals surface area contributed by atoms with E-state index >= 15 is 0 Å². The maximum atomic E-state index is 10.2. The summed E-state index contributed by atoms with van der Waals surface area (Å²) in [6, 6.07) is 8.15. The number of aliphatic hydroxyl groups excluding tert-OH is 3. The summed E-state index contributed by atoms with van der Waals surface area (Å²) in [6.45, 7) is 3.88. The van der Waals surface area contributed by atoms with Gasteiger partial charge in [-0.15, -0.1) is 0 Å². The monoisotopic (exact) mass is 323 g/mol. The molecule has 0 bridgehead atoms. The molecular formula is C17H29N3O3. The second kappa shape index (κ2) is 9.32. The van der Waals surface area contributed by atoms with Crippen LogP contribution in [0.4, 0.5) is 0 Å². The van der Waals surface area contributed by atoms with Gasteiger partial charge in [-0.3, -0.25) is 9.80 Å². The largest absolute Gasteiger partial charge is 0.395 e. The smallest absolute Gasteiger partial charge is 0.0794 e. The van der Waals surface area contributed by atoms with Gasteiger partial charge in [0.15, 0.2) is 0 Å². The Kier molecular flexibility index (Phi) is 7.42. The molecule has 1 heterocycles. The molecule has 0 aromatic heterocycles. The second-order valence-corrected chi connectivity index (χ2v) is 6.26. The molecule has 1 atom stereocenters. The lowest BCUT2D eigenvalue weighted by Gasteiger charge is -2.28. The number of rotatable bonds is 7. The first-order valence-corrected chi connectivity index (χ1v) is 8.30. The molecule has 1 aliphatic rings. The molecule has 2 rings (SSSR count). The molecule has 1 aliphatic heterocycles. The lowest BCUT2D eigenvalue weighted by Crippen LogP contribution is -2.44. The SMILES string of the molecule is NCCc1ccc(CN2CCN(C(CO)CO)CC(O)C2)cc1. The van der Waals surface area contributed by atoms with Crippen LogP contribution in [0, 0.1) is 0 Å². The van der Waals surface area contributed by atoms with E-state index in [1.165, 1.54) is 11.1 Å². The molecule has 6 nitrogen and oxygen atoms in total. The lowest BCUT2D eigenvalue weighted by atomic mass is 10.1. The van der Waals surface area contributed by atoms with Gasteiger partial charge < -0.3 is 21.1 Å². The van der Waals surface area contributed by atoms with Crippen molar-refractivity contribution >= 4 is 0 Å². The third kappa shape index (κ3) is 5.53. The quantitative estimate of drug-likeness (QED) is 0.515. The first-order chi connectivity index (χ1) is 11.2. The predicted molar refractivity (Wildman–Crippen MR) is 90.0 cm³/mol. The Labute approximate surface area is 138 Å². The fourth-order valence-electron chi connectivity index (χ4n) is 3.08. The van der Waals surface area contributed by atoms with E-state index < -0.39 is 6.10 Å². The first kappa shape index (κ1) is 18.3. The number of hydrogen-bond donors (Lipinski definition) is 4. The summed E-state index contributed by atoms with van der Waals surface area (Å²) >= 11 is 0. The third-order valence-corrected chi connectivity index (χ3v) is 4.42. The molecule has 130 valence electrons. The summed E-state index contributed by atoms with van der Waals surface area (Å²) in [5, 5.41) is 28.8. The third-order valence-electron chi connectivity index (χ3n) is 4.42. The van der Waals surface area contributed by atoms with E-state index in [4.69, 9.17) is 5.73 Å². The zero-order chi connectivity index (χ0) is 16.7. The van der Waals surface area contributed by atoms with E-state index in [-0.39, 0.29) is 19.3 Å². The predicted octanol–water partition coefficient (Wildman–Crippen LogP) is -0.980. The molecule has 23 heavy (non-hydrogen) atoms. The van der Waals surface area contributed by atoms with Crippen molar-refractivity contribution in [3.8, 4) is 0 Å². The van der Waals surface area contributed by atoms with Crippen molar-refractivity contribution in [2.75, 3.05) is 45.9 Å². The Hall–Kier alpha value is -1.02. The summed E-state index contributed by atoms with van der Waals surface area (Å²) in [5.74, 6) is 0. The van der Waals surface area contributed by atoms with Crippen LogP contribution in [0.5, 0.6) is 0 Å². The fraction of sp³-hybridized carbons (Fsp3) is 0.647. The van der Waals surface area contributed by atoms with Gasteiger partial charge in [-0.2, -0.15) is 0 Å². The molecule has 1 aromatic rings. The van der Waals surface area contributed by atoms with E-state index in [0.717, 1.165) is 26.1 Å². The van der Waals surface area contributed by atoms with E-state index in [9.17, 15) is 15.3 Å². The molecule has 0 spiro atoms. The van der Waals surface area contributed by atoms with Crippen LogP contribution in [0.1, 0.15) is 11.1 Å². The minimum absolute atomic E-state index is 0.0914. The summed E-state index contributed by atoms with van der Waals surface area (Å²) in [6.07, 6.45) is 0.413. The van der Waals surface area contributed by atoms with Crippen molar-refractivity contribution in [3.05, 3.63) is 35.4 Å². The van der Waals surface area contributed by atoms with Crippen LogP contribution in [-0.4, -0.2) is 83.2 Å². The van der Waals surface area contributed by atoms with Crippen LogP contribution in [0.2, 0.25) is 0 Å². The molecular weight excluding hydrogens is 294 g/mol. The van der Waals surface area contributed by atoms with Crippen molar-refractivity contribution in [1.29, 1.82) is 0 Å². The second-order valence-electron chi connectivity index (χ2n) is 6.26. The first-order valence-electron chi connectivity index (χ1n) is 8.30. The minimum Gasteiger partial charge on any atom is -0.395 e. The lowest BCUT2D eigenvalue weighted by molar-refractivity contribution is 0.0471. The summed E-state index contributed by atoms with van der Waals surface area (Å²) in [5.41, 5.74) is 8.02. The van der Waals surface area contributed by atoms with Crippen molar-refractivity contribution < 1.29 is 15.3 Å². The van der Waals surface area contributed by atoms with Gasteiger partial charge in [0, 0.05) is 32.7 Å². The molecule has 1 aromatic carbocycles. The maximum Gasteiger partial charge on any atom is 0.0794 e. The number of nitrogens with two attached hydrogens (primary N) is 1. The fourth-order valence-corrected chi connectivity index (χ4v) is 3.08. The van der Waals surface area contributed by atoms with Gasteiger partial charge in [0.05, 0.1) is 25.4 Å². The van der Waals surface area contributed by atoms with Crippen molar-refractivity contribution in [1.82, 2.24) is 9.80 Å². The Morgan fingerprint density at radius 2 is 1.70 bits per heavy atom. The number of hydrogen-bond acceptors (Lipinski definition) is 6. The summed E-state index contributed by atoms with van der Waals surface area (Å²) in [7, 11) is 0. The molecule has 1 saturated heterocycles. The molecule has 0 amide bonds. The highest BCUT2D eigenvalue weighted by molar-refractivity contribution is 5.22. The van der Waals surface area contributed by atoms with Gasteiger partial charge in [-0.05, 0) is 24.1 Å². The Bertz CT molecular complexity index is 451. The Morgan fingerprint density at radius 3 is 2.30 bits per heavy atom. The molecule has 1 fully saturated rings. The number of nitrogens with zero attached hydrogens (tertiary/aromatic N) is 2. The average Bonchev–Trinajstić information content (AvgIpc) is 2.72. The van der Waals surface area contributed by atoms with Crippen LogP contribution >= 0.6 is 0 Å². The van der Waals surface area contributed by atoms with Gasteiger partial charge in [0.2, 0.25) is 0 Å². The molecule has 0 saturated carbocycles. The van der Waals surface area contributed by atoms with Crippen LogP contribution < -0.4 is 5.73 Å². The molecule has 5 N–H and O–H groups in total. The highest BCUT2D eigenvalue weighted by atomic mass is 16.3. The van der Waals surface area contributed by atoms with Crippen LogP contribution in [0.25, 0.3) is 0 Å². The van der Waals surface area contributed by atoms with E-state index in [2.05, 4.69) is 29.2 Å². The van der Waals surface area contributed by atoms with Gasteiger partial charge in [-0.25, -0.2) is 0 Å². The van der Waals surface area contributed by atoms with Crippen molar-refractivity contribution in [3.63, 3.8) is 0 Å². The van der Waals surface area contributed by atoms with Gasteiger partial charge in [-0.1, -0.05) is 24.3 Å². The number of aliphatic hydroxyl groups is 3. The highest BCUT2D eigenvalue weighted by Gasteiger charge is 2.25. The van der Waals surface area contributed by atoms with Crippen LogP contribution in [-0.2, 0) is 13.0 Å². The van der Waals surface area contributed by atoms with Gasteiger partial charge >= 0.3 is 0 Å². The van der Waals surface area contributed by atoms with E-state index in [0.29, 0.717) is 19.6 Å². The topological polar surface area (TPSA) is 93.2 Å². The molecule has 0 aliphatic carbocycles. The highest BCUT2D eigenvalue weighted by Crippen LogP contribution is 2.12. The Morgan fingerprint density at radius 1 is 1.04 bits per heavy atom. The summed E-state index contributed by atoms with van der Waals surface area (Å²) in [4.78, 5) is 4.18. The standard InChI is InChI=1S/C17H29N3O3/c18-6-5-14-1-3-15(4-2-14)9-19-7-8-20(11-17(23)10-19)16(12-21)13-22/h1-4,16-17,21-23H,5-13,18H2. The molecule has 1 unspecified atom stereocenters. The van der Waals surface area contributed by atoms with Crippen molar-refractivity contribution in [2.45, 2.75) is 25.1 Å². The van der Waals surface area contributed by atoms with Gasteiger partial charge in [0.25, 0.3) is 0 Å². The molecule has 6 heteroatoms. The Balaban J connectivity index is 1.93. The number of β-amino-alcohol motifs (C(OH)–C–C–N with tert-alkyl or cyclic N) is 1. The normalized spacial score (nSPS) is 20.8. The summed E-state index contributed by atoms with van der Waals surface area (Å²) < 4.78 is 0. The maximum absolute atomic E-state index is 10.2.